The molecule has 0 radical (unpaired) electrons. The molecule has 5 heterocycles. The SMILES string of the molecule is CCN1CCN(C(c2ccc(Nc3ncc(F)c(-c4cc(F)c5nc(C)n(C(C)C)c5c4)n3)nc2)C2CCNC2)CC1. The Hall–Kier alpha value is -3.54. The Morgan fingerprint density at radius 1 is 1.02 bits per heavy atom. The third-order valence-electron chi connectivity index (χ3n) is 8.62. The van der Waals surface area contributed by atoms with Gasteiger partial charge in [0.25, 0.3) is 0 Å². The molecule has 6 rings (SSSR count). The number of pyridine rings is 1. The first kappa shape index (κ1) is 28.6. The van der Waals surface area contributed by atoms with Crippen LogP contribution in [0.2, 0.25) is 0 Å². The Morgan fingerprint density at radius 3 is 2.50 bits per heavy atom. The van der Waals surface area contributed by atoms with Crippen molar-refractivity contribution in [3.63, 3.8) is 0 Å². The first-order chi connectivity index (χ1) is 20.3. The van der Waals surface area contributed by atoms with Gasteiger partial charge in [-0.1, -0.05) is 13.0 Å². The van der Waals surface area contributed by atoms with Crippen LogP contribution >= 0.6 is 0 Å². The van der Waals surface area contributed by atoms with Crippen LogP contribution in [0.1, 0.15) is 50.7 Å². The molecule has 2 saturated heterocycles. The molecule has 0 bridgehead atoms. The van der Waals surface area contributed by atoms with Gasteiger partial charge in [-0.15, -0.1) is 0 Å². The highest BCUT2D eigenvalue weighted by atomic mass is 19.1. The summed E-state index contributed by atoms with van der Waals surface area (Å²) >= 11 is 0. The van der Waals surface area contributed by atoms with Crippen LogP contribution < -0.4 is 10.6 Å². The molecule has 2 N–H and O–H groups in total. The predicted molar refractivity (Wildman–Crippen MR) is 161 cm³/mol. The van der Waals surface area contributed by atoms with Crippen LogP contribution in [0.5, 0.6) is 0 Å². The molecule has 3 aromatic heterocycles. The fourth-order valence-electron chi connectivity index (χ4n) is 6.54. The normalized spacial score (nSPS) is 19.2. The highest BCUT2D eigenvalue weighted by Crippen LogP contribution is 2.34. The van der Waals surface area contributed by atoms with Gasteiger partial charge in [0.15, 0.2) is 11.6 Å². The predicted octanol–water partition coefficient (Wildman–Crippen LogP) is 5.09. The van der Waals surface area contributed by atoms with Crippen molar-refractivity contribution in [2.75, 3.05) is 51.1 Å². The van der Waals surface area contributed by atoms with Crippen molar-refractivity contribution in [3.05, 3.63) is 59.7 Å². The molecule has 42 heavy (non-hydrogen) atoms. The number of aromatic nitrogens is 5. The van der Waals surface area contributed by atoms with Crippen LogP contribution in [0, 0.1) is 24.5 Å². The fraction of sp³-hybridized carbons (Fsp3) is 0.484. The summed E-state index contributed by atoms with van der Waals surface area (Å²) in [5.41, 5.74) is 2.40. The summed E-state index contributed by atoms with van der Waals surface area (Å²) in [4.78, 5) is 22.7. The number of anilines is 2. The maximum Gasteiger partial charge on any atom is 0.229 e. The summed E-state index contributed by atoms with van der Waals surface area (Å²) in [6.45, 7) is 15.5. The van der Waals surface area contributed by atoms with Gasteiger partial charge in [0.1, 0.15) is 22.9 Å². The van der Waals surface area contributed by atoms with Gasteiger partial charge in [-0.3, -0.25) is 4.90 Å². The van der Waals surface area contributed by atoms with E-state index in [2.05, 4.69) is 48.4 Å². The summed E-state index contributed by atoms with van der Waals surface area (Å²) in [5, 5.41) is 6.64. The van der Waals surface area contributed by atoms with Crippen molar-refractivity contribution < 1.29 is 8.78 Å². The second-order valence-corrected chi connectivity index (χ2v) is 11.6. The van der Waals surface area contributed by atoms with Gasteiger partial charge in [-0.25, -0.2) is 28.7 Å². The maximum absolute atomic E-state index is 15.1. The van der Waals surface area contributed by atoms with Gasteiger partial charge < -0.3 is 20.1 Å². The van der Waals surface area contributed by atoms with Crippen LogP contribution in [-0.2, 0) is 0 Å². The van der Waals surface area contributed by atoms with E-state index in [4.69, 9.17) is 4.98 Å². The average Bonchev–Trinajstić information content (AvgIpc) is 3.63. The highest BCUT2D eigenvalue weighted by Gasteiger charge is 2.33. The molecule has 0 aliphatic carbocycles. The number of nitrogens with zero attached hydrogens (tertiary/aromatic N) is 7. The molecule has 222 valence electrons. The molecular weight excluding hydrogens is 536 g/mol. The minimum atomic E-state index is -0.633. The Balaban J connectivity index is 1.25. The van der Waals surface area contributed by atoms with E-state index in [0.717, 1.165) is 58.4 Å². The van der Waals surface area contributed by atoms with Crippen molar-refractivity contribution in [1.29, 1.82) is 0 Å². The van der Waals surface area contributed by atoms with Gasteiger partial charge in [-0.2, -0.15) is 0 Å². The smallest absolute Gasteiger partial charge is 0.229 e. The number of hydrogen-bond acceptors (Lipinski definition) is 8. The Bertz CT molecular complexity index is 1540. The molecule has 2 fully saturated rings. The third-order valence-corrected chi connectivity index (χ3v) is 8.62. The largest absolute Gasteiger partial charge is 0.326 e. The molecule has 0 saturated carbocycles. The second kappa shape index (κ2) is 12.0. The third kappa shape index (κ3) is 5.60. The standard InChI is InChI=1S/C31H39F2N9/c1-5-40-10-12-41(13-11-40)30(22-8-9-34-16-22)21-6-7-27(35-17-21)38-31-36-18-25(33)28(39-31)23-14-24(32)29-26(15-23)42(19(2)3)20(4)37-29/h6-7,14-15,17-19,22,30,34H,5,8-13,16H2,1-4H3,(H,35,36,38,39). The molecule has 2 aliphatic heterocycles. The Labute approximate surface area is 245 Å². The minimum absolute atomic E-state index is 0.0131. The summed E-state index contributed by atoms with van der Waals surface area (Å²) in [5.74, 6) is 0.837. The lowest BCUT2D eigenvalue weighted by atomic mass is 9.91. The average molecular weight is 576 g/mol. The molecule has 2 aliphatic rings. The molecule has 9 nitrogen and oxygen atoms in total. The lowest BCUT2D eigenvalue weighted by Gasteiger charge is -2.41. The lowest BCUT2D eigenvalue weighted by molar-refractivity contribution is 0.0748. The molecule has 11 heteroatoms. The van der Waals surface area contributed by atoms with E-state index in [0.29, 0.717) is 34.7 Å². The zero-order valence-electron chi connectivity index (χ0n) is 24.7. The van der Waals surface area contributed by atoms with Crippen molar-refractivity contribution in [2.45, 2.75) is 46.2 Å². The number of hydrogen-bond donors (Lipinski definition) is 2. The number of nitrogens with one attached hydrogen (secondary N) is 2. The maximum atomic E-state index is 15.1. The van der Waals surface area contributed by atoms with Gasteiger partial charge in [0, 0.05) is 50.0 Å². The van der Waals surface area contributed by atoms with Crippen LogP contribution in [0.25, 0.3) is 22.3 Å². The van der Waals surface area contributed by atoms with E-state index in [1.165, 1.54) is 11.6 Å². The highest BCUT2D eigenvalue weighted by molar-refractivity contribution is 5.83. The van der Waals surface area contributed by atoms with E-state index in [-0.39, 0.29) is 23.2 Å². The molecular formula is C31H39F2N9. The fourth-order valence-corrected chi connectivity index (χ4v) is 6.54. The lowest BCUT2D eigenvalue weighted by Crippen LogP contribution is -2.49. The monoisotopic (exact) mass is 575 g/mol. The van der Waals surface area contributed by atoms with Crippen molar-refractivity contribution >= 4 is 22.8 Å². The zero-order valence-corrected chi connectivity index (χ0v) is 24.7. The summed E-state index contributed by atoms with van der Waals surface area (Å²) in [6, 6.07) is 7.43. The van der Waals surface area contributed by atoms with Crippen LogP contribution in [0.15, 0.2) is 36.7 Å². The summed E-state index contributed by atoms with van der Waals surface area (Å²) in [7, 11) is 0. The van der Waals surface area contributed by atoms with E-state index in [1.54, 1.807) is 6.07 Å². The first-order valence-electron chi connectivity index (χ1n) is 14.9. The molecule has 0 spiro atoms. The first-order valence-corrected chi connectivity index (χ1v) is 14.9. The van der Waals surface area contributed by atoms with Crippen molar-refractivity contribution in [1.82, 2.24) is 39.6 Å². The van der Waals surface area contributed by atoms with E-state index < -0.39 is 11.6 Å². The van der Waals surface area contributed by atoms with E-state index in [9.17, 15) is 4.39 Å². The van der Waals surface area contributed by atoms with Gasteiger partial charge >= 0.3 is 0 Å². The topological polar surface area (TPSA) is 87.0 Å². The van der Waals surface area contributed by atoms with Crippen molar-refractivity contribution in [3.8, 4) is 11.3 Å². The number of imidazole rings is 1. The van der Waals surface area contributed by atoms with Gasteiger partial charge in [0.05, 0.1) is 11.7 Å². The van der Waals surface area contributed by atoms with Crippen LogP contribution in [-0.4, -0.2) is 80.1 Å². The summed E-state index contributed by atoms with van der Waals surface area (Å²) < 4.78 is 32.0. The Kier molecular flexibility index (Phi) is 8.15. The molecule has 4 aromatic rings. The number of halogens is 2. The van der Waals surface area contributed by atoms with E-state index in [1.807, 2.05) is 37.6 Å². The summed E-state index contributed by atoms with van der Waals surface area (Å²) in [6.07, 6.45) is 4.18. The Morgan fingerprint density at radius 2 is 1.83 bits per heavy atom. The second-order valence-electron chi connectivity index (χ2n) is 11.6. The number of piperazine rings is 1. The van der Waals surface area contributed by atoms with Crippen LogP contribution in [0.3, 0.4) is 0 Å². The molecule has 1 aromatic carbocycles. The number of rotatable bonds is 8. The van der Waals surface area contributed by atoms with Gasteiger partial charge in [0.2, 0.25) is 5.95 Å². The van der Waals surface area contributed by atoms with E-state index >= 15 is 4.39 Å². The van der Waals surface area contributed by atoms with Gasteiger partial charge in [-0.05, 0) is 76.5 Å². The number of benzene rings is 1. The minimum Gasteiger partial charge on any atom is -0.326 e. The van der Waals surface area contributed by atoms with Crippen LogP contribution in [0.4, 0.5) is 20.5 Å². The zero-order chi connectivity index (χ0) is 29.4. The molecule has 2 atom stereocenters. The quantitative estimate of drug-likeness (QED) is 0.301. The van der Waals surface area contributed by atoms with Crippen molar-refractivity contribution in [2.24, 2.45) is 5.92 Å². The molecule has 0 amide bonds. The number of fused-ring (bicyclic) bond motifs is 1. The number of likely N-dealkylation sites (N-methyl/N-ethyl adjacent to an activating group) is 1. The molecule has 2 unspecified atom stereocenters. The number of aryl methyl sites for hydroxylation is 1.